The standard InChI is InChI=1S/C45H75N7O18/c1-34(2)43(50-39(53)8-11-61-13-10-52-41(55)6-7-42(52)56)44(57)48-29-40(54)49-38-5-4-35(32-70-45(58)59)36(28-38)31-69-33-37(46)30-51(47)9-12-62-16-17-64-20-21-66-24-25-68-27-26-67-23-22-65-19-18-63-15-14-60-3/h4-5,28,30,34,43H,6-27,29,31-33,46-47H2,1-3H3,(H,48,57)(H,49,54)(H,50,53)(H,58,59)/b37-30-. The van der Waals surface area contributed by atoms with Gasteiger partial charge >= 0.3 is 6.16 Å². The van der Waals surface area contributed by atoms with Gasteiger partial charge in [-0.1, -0.05) is 19.9 Å². The van der Waals surface area contributed by atoms with Crippen molar-refractivity contribution in [3.8, 4) is 0 Å². The number of likely N-dealkylation sites (tertiary alicyclic amines) is 1. The summed E-state index contributed by atoms with van der Waals surface area (Å²) in [6.45, 7) is 9.97. The first kappa shape index (κ1) is 61.1. The number of hydrogen-bond donors (Lipinski definition) is 6. The van der Waals surface area contributed by atoms with Gasteiger partial charge in [-0.25, -0.2) is 10.6 Å². The number of amides is 5. The minimum atomic E-state index is -1.47. The van der Waals surface area contributed by atoms with E-state index in [0.717, 1.165) is 4.90 Å². The topological polar surface area (TPSA) is 319 Å². The molecule has 70 heavy (non-hydrogen) atoms. The average Bonchev–Trinajstić information content (AvgIpc) is 3.64. The van der Waals surface area contributed by atoms with Gasteiger partial charge < -0.3 is 83.9 Å². The predicted octanol–water partition coefficient (Wildman–Crippen LogP) is -0.113. The molecule has 1 aliphatic heterocycles. The van der Waals surface area contributed by atoms with Crippen molar-refractivity contribution in [1.82, 2.24) is 20.5 Å². The molecule has 0 aliphatic carbocycles. The fourth-order valence-corrected chi connectivity index (χ4v) is 6.00. The number of ether oxygens (including phenoxy) is 11. The van der Waals surface area contributed by atoms with Crippen LogP contribution in [0.15, 0.2) is 30.1 Å². The van der Waals surface area contributed by atoms with E-state index in [0.29, 0.717) is 128 Å². The number of carbonyl (C=O) groups excluding carboxylic acids is 5. The molecule has 2 rings (SSSR count). The van der Waals surface area contributed by atoms with Crippen LogP contribution >= 0.6 is 0 Å². The fourth-order valence-electron chi connectivity index (χ4n) is 6.00. The van der Waals surface area contributed by atoms with E-state index in [1.165, 1.54) is 17.3 Å². The van der Waals surface area contributed by atoms with E-state index < -0.39 is 36.5 Å². The molecular weight excluding hydrogens is 927 g/mol. The number of benzene rings is 1. The van der Waals surface area contributed by atoms with Gasteiger partial charge in [0.15, 0.2) is 0 Å². The maximum atomic E-state index is 13.0. The van der Waals surface area contributed by atoms with Gasteiger partial charge in [0.05, 0.1) is 151 Å². The van der Waals surface area contributed by atoms with E-state index in [1.807, 2.05) is 0 Å². The van der Waals surface area contributed by atoms with E-state index in [2.05, 4.69) is 16.0 Å². The number of hydrogen-bond acceptors (Lipinski definition) is 20. The summed E-state index contributed by atoms with van der Waals surface area (Å²) in [5.74, 6) is 3.61. The zero-order chi connectivity index (χ0) is 51.2. The van der Waals surface area contributed by atoms with Crippen LogP contribution in [0.1, 0.15) is 44.2 Å². The summed E-state index contributed by atoms with van der Waals surface area (Å²) >= 11 is 0. The second-order valence-electron chi connectivity index (χ2n) is 15.6. The first-order chi connectivity index (χ1) is 33.8. The number of rotatable bonds is 43. The number of nitrogens with one attached hydrogen (secondary N) is 3. The minimum absolute atomic E-state index is 0.0116. The molecule has 0 radical (unpaired) electrons. The van der Waals surface area contributed by atoms with Crippen molar-refractivity contribution < 1.29 is 86.0 Å². The van der Waals surface area contributed by atoms with Gasteiger partial charge in [0, 0.05) is 38.3 Å². The SMILES string of the molecule is COCCOCCOCCOCCOCCOCCOCCOCCN(N)/C=C(\N)COCc1cc(NC(=O)CNC(=O)C(NC(=O)CCOCCN2C(=O)CCC2=O)C(C)C)ccc1COC(=O)O. The Hall–Kier alpha value is -5.06. The van der Waals surface area contributed by atoms with Crippen LogP contribution in [0, 0.1) is 5.92 Å². The van der Waals surface area contributed by atoms with Gasteiger partial charge in [-0.05, 0) is 29.2 Å². The van der Waals surface area contributed by atoms with Crippen LogP contribution < -0.4 is 27.5 Å². The lowest BCUT2D eigenvalue weighted by atomic mass is 10.0. The molecule has 1 aromatic carbocycles. The van der Waals surface area contributed by atoms with Crippen LogP contribution in [-0.2, 0) is 89.3 Å². The number of carboxylic acid groups (broad SMARTS) is 1. The quantitative estimate of drug-likeness (QED) is 0.0163. The fraction of sp³-hybridized carbons (Fsp3) is 0.689. The van der Waals surface area contributed by atoms with Crippen molar-refractivity contribution >= 4 is 41.4 Å². The second kappa shape index (κ2) is 38.7. The molecule has 0 bridgehead atoms. The lowest BCUT2D eigenvalue weighted by Crippen LogP contribution is -2.51. The zero-order valence-electron chi connectivity index (χ0n) is 40.8. The number of carbonyl (C=O) groups is 6. The maximum absolute atomic E-state index is 13.0. The first-order valence-electron chi connectivity index (χ1n) is 23.1. The second-order valence-corrected chi connectivity index (χ2v) is 15.6. The lowest BCUT2D eigenvalue weighted by molar-refractivity contribution is -0.139. The number of nitrogens with zero attached hydrogens (tertiary/aromatic N) is 2. The molecule has 1 heterocycles. The molecule has 398 valence electrons. The summed E-state index contributed by atoms with van der Waals surface area (Å²) in [7, 11) is 1.63. The molecule has 0 spiro atoms. The number of methoxy groups -OCH3 is 1. The largest absolute Gasteiger partial charge is 0.506 e. The number of anilines is 1. The molecule has 25 nitrogen and oxygen atoms in total. The zero-order valence-corrected chi connectivity index (χ0v) is 40.8. The summed E-state index contributed by atoms with van der Waals surface area (Å²) in [6, 6.07) is 3.73. The predicted molar refractivity (Wildman–Crippen MR) is 249 cm³/mol. The maximum Gasteiger partial charge on any atom is 0.506 e. The van der Waals surface area contributed by atoms with Crippen LogP contribution in [0.2, 0.25) is 0 Å². The van der Waals surface area contributed by atoms with Gasteiger partial charge in [0.25, 0.3) is 0 Å². The first-order valence-corrected chi connectivity index (χ1v) is 23.1. The van der Waals surface area contributed by atoms with Crippen molar-refractivity contribution in [1.29, 1.82) is 0 Å². The van der Waals surface area contributed by atoms with Gasteiger partial charge in [0.2, 0.25) is 29.5 Å². The average molecular weight is 1000 g/mol. The monoisotopic (exact) mass is 1000 g/mol. The van der Waals surface area contributed by atoms with Crippen molar-refractivity contribution in [3.63, 3.8) is 0 Å². The minimum Gasteiger partial charge on any atom is -0.450 e. The molecule has 1 fully saturated rings. The molecule has 25 heteroatoms. The summed E-state index contributed by atoms with van der Waals surface area (Å²) in [5.41, 5.74) is 7.71. The van der Waals surface area contributed by atoms with Crippen molar-refractivity contribution in [2.75, 3.05) is 151 Å². The van der Waals surface area contributed by atoms with Crippen LogP contribution in [0.5, 0.6) is 0 Å². The van der Waals surface area contributed by atoms with Gasteiger partial charge in [-0.3, -0.25) is 28.9 Å². The highest BCUT2D eigenvalue weighted by molar-refractivity contribution is 6.02. The third kappa shape index (κ3) is 29.9. The molecule has 0 saturated carbocycles. The molecule has 5 amide bonds. The van der Waals surface area contributed by atoms with Gasteiger partial charge in [-0.2, -0.15) is 0 Å². The highest BCUT2D eigenvalue weighted by atomic mass is 16.7. The normalized spacial score (nSPS) is 13.2. The summed E-state index contributed by atoms with van der Waals surface area (Å²) in [5, 5.41) is 18.3. The third-order valence-electron chi connectivity index (χ3n) is 9.63. The Morgan fingerprint density at radius 3 is 1.77 bits per heavy atom. The van der Waals surface area contributed by atoms with E-state index in [9.17, 15) is 28.8 Å². The Morgan fingerprint density at radius 2 is 1.24 bits per heavy atom. The van der Waals surface area contributed by atoms with E-state index in [4.69, 9.17) is 68.8 Å². The van der Waals surface area contributed by atoms with Crippen LogP contribution in [0.25, 0.3) is 0 Å². The molecule has 1 saturated heterocycles. The lowest BCUT2D eigenvalue weighted by Gasteiger charge is -2.22. The Bertz CT molecular complexity index is 1690. The highest BCUT2D eigenvalue weighted by Gasteiger charge is 2.28. The van der Waals surface area contributed by atoms with Crippen LogP contribution in [0.4, 0.5) is 10.5 Å². The van der Waals surface area contributed by atoms with E-state index in [-0.39, 0.29) is 76.6 Å². The van der Waals surface area contributed by atoms with Crippen LogP contribution in [-0.4, -0.2) is 202 Å². The summed E-state index contributed by atoms with van der Waals surface area (Å²) in [4.78, 5) is 74.1. The molecule has 1 unspecified atom stereocenters. The van der Waals surface area contributed by atoms with Crippen molar-refractivity contribution in [3.05, 3.63) is 41.2 Å². The molecule has 1 atom stereocenters. The number of imide groups is 1. The van der Waals surface area contributed by atoms with Crippen molar-refractivity contribution in [2.45, 2.75) is 52.4 Å². The van der Waals surface area contributed by atoms with E-state index >= 15 is 0 Å². The Kier molecular flexibility index (Phi) is 33.7. The Labute approximate surface area is 409 Å². The van der Waals surface area contributed by atoms with Crippen LogP contribution in [0.3, 0.4) is 0 Å². The van der Waals surface area contributed by atoms with E-state index in [1.54, 1.807) is 33.1 Å². The Balaban J connectivity index is 1.61. The van der Waals surface area contributed by atoms with Gasteiger partial charge in [-0.15, -0.1) is 0 Å². The third-order valence-corrected chi connectivity index (χ3v) is 9.63. The smallest absolute Gasteiger partial charge is 0.450 e. The van der Waals surface area contributed by atoms with Gasteiger partial charge in [0.1, 0.15) is 12.6 Å². The number of hydrazine groups is 1. The molecule has 1 aliphatic rings. The molecule has 8 N–H and O–H groups in total. The summed E-state index contributed by atoms with van der Waals surface area (Å²) in [6.07, 6.45) is 0.315. The highest BCUT2D eigenvalue weighted by Crippen LogP contribution is 2.19. The molecular formula is C45H75N7O18. The molecule has 0 aromatic heterocycles. The summed E-state index contributed by atoms with van der Waals surface area (Å²) < 4.78 is 59.0. The number of nitrogens with two attached hydrogens (primary N) is 2. The van der Waals surface area contributed by atoms with Crippen molar-refractivity contribution in [2.24, 2.45) is 17.5 Å². The molecule has 1 aromatic rings. The Morgan fingerprint density at radius 1 is 0.714 bits per heavy atom.